The minimum absolute atomic E-state index is 0.236. The third kappa shape index (κ3) is 5.83. The summed E-state index contributed by atoms with van der Waals surface area (Å²) >= 11 is 1.18. The number of rotatable bonds is 8. The van der Waals surface area contributed by atoms with Gasteiger partial charge in [0, 0.05) is 5.69 Å². The molecule has 1 aromatic carbocycles. The summed E-state index contributed by atoms with van der Waals surface area (Å²) < 4.78 is 24.7. The highest BCUT2D eigenvalue weighted by Gasteiger charge is 2.31. The highest BCUT2D eigenvalue weighted by Crippen LogP contribution is 2.17. The maximum absolute atomic E-state index is 12.4. The normalized spacial score (nSPS) is 12.4. The van der Waals surface area contributed by atoms with Crippen LogP contribution in [0.3, 0.4) is 0 Å². The van der Waals surface area contributed by atoms with Gasteiger partial charge in [0.25, 0.3) is 0 Å². The van der Waals surface area contributed by atoms with E-state index in [0.29, 0.717) is 12.1 Å². The Morgan fingerprint density at radius 3 is 2.30 bits per heavy atom. The van der Waals surface area contributed by atoms with Crippen LogP contribution < -0.4 is 10.6 Å². The largest absolute Gasteiger partial charge is 0.325 e. The Morgan fingerprint density at radius 1 is 1.07 bits per heavy atom. The lowest BCUT2D eigenvalue weighted by atomic mass is 10.1. The highest BCUT2D eigenvalue weighted by molar-refractivity contribution is 7.93. The van der Waals surface area contributed by atoms with Crippen molar-refractivity contribution in [3.63, 3.8) is 0 Å². The molecule has 0 aliphatic carbocycles. The molecule has 2 rings (SSSR count). The first-order chi connectivity index (χ1) is 12.7. The molecule has 0 radical (unpaired) electrons. The van der Waals surface area contributed by atoms with Crippen LogP contribution in [0, 0.1) is 0 Å². The minimum atomic E-state index is -3.98. The summed E-state index contributed by atoms with van der Waals surface area (Å²) in [7, 11) is -3.98. The molecule has 8 nitrogen and oxygen atoms in total. The van der Waals surface area contributed by atoms with Crippen molar-refractivity contribution in [2.24, 2.45) is 0 Å². The number of benzene rings is 1. The third-order valence-corrected chi connectivity index (χ3v) is 6.82. The average Bonchev–Trinajstić information content (AvgIpc) is 3.08. The fourth-order valence-electron chi connectivity index (χ4n) is 2.15. The van der Waals surface area contributed by atoms with Gasteiger partial charge in [-0.2, -0.15) is 0 Å². The Labute approximate surface area is 162 Å². The van der Waals surface area contributed by atoms with Crippen LogP contribution in [-0.4, -0.2) is 41.4 Å². The van der Waals surface area contributed by atoms with Gasteiger partial charge in [-0.15, -0.1) is 10.2 Å². The second-order valence-electron chi connectivity index (χ2n) is 5.89. The number of aryl methyl sites for hydroxylation is 2. The molecule has 1 heterocycles. The number of anilines is 2. The lowest BCUT2D eigenvalue weighted by Crippen LogP contribution is -2.37. The first-order valence-electron chi connectivity index (χ1n) is 8.48. The summed E-state index contributed by atoms with van der Waals surface area (Å²) in [5.74, 6) is -2.22. The zero-order chi connectivity index (χ0) is 20.0. The van der Waals surface area contributed by atoms with E-state index in [-0.39, 0.29) is 5.13 Å². The third-order valence-electron chi connectivity index (χ3n) is 3.89. The molecule has 10 heteroatoms. The maximum Gasteiger partial charge on any atom is 0.244 e. The fraction of sp³-hybridized carbons (Fsp3) is 0.412. The minimum Gasteiger partial charge on any atom is -0.325 e. The molecule has 2 aromatic rings. The predicted molar refractivity (Wildman–Crippen MR) is 106 cm³/mol. The molecule has 1 aromatic heterocycles. The van der Waals surface area contributed by atoms with Crippen LogP contribution in [0.15, 0.2) is 24.3 Å². The number of carbonyl (C=O) groups is 2. The molecule has 0 saturated heterocycles. The molecule has 0 saturated carbocycles. The summed E-state index contributed by atoms with van der Waals surface area (Å²) in [6, 6.07) is 7.13. The van der Waals surface area contributed by atoms with Gasteiger partial charge in [0.1, 0.15) is 16.0 Å². The topological polar surface area (TPSA) is 118 Å². The van der Waals surface area contributed by atoms with Gasteiger partial charge >= 0.3 is 0 Å². The van der Waals surface area contributed by atoms with E-state index in [1.54, 1.807) is 12.1 Å². The molecule has 2 N–H and O–H groups in total. The van der Waals surface area contributed by atoms with E-state index >= 15 is 0 Å². The van der Waals surface area contributed by atoms with Gasteiger partial charge in [-0.25, -0.2) is 8.42 Å². The van der Waals surface area contributed by atoms with Crippen LogP contribution in [0.4, 0.5) is 10.8 Å². The van der Waals surface area contributed by atoms with Crippen LogP contribution in [0.2, 0.25) is 0 Å². The molecular formula is C17H22N4O4S2. The Bertz CT molecular complexity index is 907. The van der Waals surface area contributed by atoms with E-state index in [9.17, 15) is 18.0 Å². The SMILES string of the molecule is CCc1ccc(NC(=O)CS(=O)(=O)C(C)C(=O)Nc2nnc(CC)s2)cc1. The van der Waals surface area contributed by atoms with Crippen molar-refractivity contribution in [2.75, 3.05) is 16.4 Å². The molecule has 1 unspecified atom stereocenters. The van der Waals surface area contributed by atoms with E-state index in [4.69, 9.17) is 0 Å². The monoisotopic (exact) mass is 410 g/mol. The standard InChI is InChI=1S/C17H22N4O4S2/c1-4-12-6-8-13(9-7-12)18-14(22)10-27(24,25)11(3)16(23)19-17-21-20-15(5-2)26-17/h6-9,11H,4-5,10H2,1-3H3,(H,18,22)(H,19,21,23). The molecule has 0 aliphatic rings. The molecule has 0 spiro atoms. The van der Waals surface area contributed by atoms with E-state index < -0.39 is 32.7 Å². The maximum atomic E-state index is 12.4. The molecule has 146 valence electrons. The van der Waals surface area contributed by atoms with Gasteiger partial charge < -0.3 is 5.32 Å². The van der Waals surface area contributed by atoms with Crippen LogP contribution in [0.1, 0.15) is 31.3 Å². The molecule has 27 heavy (non-hydrogen) atoms. The van der Waals surface area contributed by atoms with Gasteiger partial charge in [-0.1, -0.05) is 37.3 Å². The Kier molecular flexibility index (Phi) is 7.03. The van der Waals surface area contributed by atoms with Crippen molar-refractivity contribution in [2.45, 2.75) is 38.9 Å². The van der Waals surface area contributed by atoms with Crippen LogP contribution in [-0.2, 0) is 32.3 Å². The van der Waals surface area contributed by atoms with Crippen LogP contribution in [0.5, 0.6) is 0 Å². The number of amides is 2. The number of carbonyl (C=O) groups excluding carboxylic acids is 2. The second kappa shape index (κ2) is 9.05. The van der Waals surface area contributed by atoms with Gasteiger partial charge in [0.05, 0.1) is 0 Å². The summed E-state index contributed by atoms with van der Waals surface area (Å²) in [6.07, 6.45) is 1.53. The van der Waals surface area contributed by atoms with E-state index in [1.807, 2.05) is 26.0 Å². The molecule has 0 aliphatic heterocycles. The first kappa shape index (κ1) is 21.0. The Hall–Kier alpha value is -2.33. The first-order valence-corrected chi connectivity index (χ1v) is 11.0. The fourth-order valence-corrected chi connectivity index (χ4v) is 3.90. The quantitative estimate of drug-likeness (QED) is 0.687. The second-order valence-corrected chi connectivity index (χ2v) is 9.28. The van der Waals surface area contributed by atoms with E-state index in [0.717, 1.165) is 17.0 Å². The average molecular weight is 411 g/mol. The van der Waals surface area contributed by atoms with E-state index in [2.05, 4.69) is 20.8 Å². The number of nitrogens with zero attached hydrogens (tertiary/aromatic N) is 2. The van der Waals surface area contributed by atoms with Gasteiger partial charge in [0.15, 0.2) is 9.84 Å². The van der Waals surface area contributed by atoms with Crippen LogP contribution >= 0.6 is 11.3 Å². The number of aromatic nitrogens is 2. The summed E-state index contributed by atoms with van der Waals surface area (Å²) in [5, 5.41) is 12.2. The highest BCUT2D eigenvalue weighted by atomic mass is 32.2. The molecule has 0 bridgehead atoms. The van der Waals surface area contributed by atoms with Gasteiger partial charge in [-0.3, -0.25) is 14.9 Å². The van der Waals surface area contributed by atoms with Crippen molar-refractivity contribution in [1.82, 2.24) is 10.2 Å². The van der Waals surface area contributed by atoms with Crippen molar-refractivity contribution >= 4 is 43.8 Å². The summed E-state index contributed by atoms with van der Waals surface area (Å²) in [6.45, 7) is 5.15. The van der Waals surface area contributed by atoms with E-state index in [1.165, 1.54) is 18.3 Å². The Balaban J connectivity index is 1.96. The Morgan fingerprint density at radius 2 is 1.74 bits per heavy atom. The number of sulfone groups is 1. The van der Waals surface area contributed by atoms with Crippen molar-refractivity contribution in [3.8, 4) is 0 Å². The van der Waals surface area contributed by atoms with Gasteiger partial charge in [0.2, 0.25) is 16.9 Å². The van der Waals surface area contributed by atoms with Crippen molar-refractivity contribution < 1.29 is 18.0 Å². The predicted octanol–water partition coefficient (Wildman–Crippen LogP) is 2.04. The number of hydrogen-bond donors (Lipinski definition) is 2. The lowest BCUT2D eigenvalue weighted by Gasteiger charge is -2.12. The lowest BCUT2D eigenvalue weighted by molar-refractivity contribution is -0.115. The molecule has 0 fully saturated rings. The molecule has 2 amide bonds. The number of hydrogen-bond acceptors (Lipinski definition) is 7. The number of nitrogens with one attached hydrogen (secondary N) is 2. The van der Waals surface area contributed by atoms with Crippen LogP contribution in [0.25, 0.3) is 0 Å². The molecular weight excluding hydrogens is 388 g/mol. The zero-order valence-corrected chi connectivity index (χ0v) is 17.0. The van der Waals surface area contributed by atoms with Crippen molar-refractivity contribution in [1.29, 1.82) is 0 Å². The smallest absolute Gasteiger partial charge is 0.244 e. The molecule has 1 atom stereocenters. The summed E-state index contributed by atoms with van der Waals surface area (Å²) in [5.41, 5.74) is 1.61. The van der Waals surface area contributed by atoms with Gasteiger partial charge in [-0.05, 0) is 37.5 Å². The zero-order valence-electron chi connectivity index (χ0n) is 15.4. The summed E-state index contributed by atoms with van der Waals surface area (Å²) in [4.78, 5) is 24.3. The van der Waals surface area contributed by atoms with Crippen molar-refractivity contribution in [3.05, 3.63) is 34.8 Å².